The summed E-state index contributed by atoms with van der Waals surface area (Å²) in [6.45, 7) is 0.986. The van der Waals surface area contributed by atoms with Gasteiger partial charge in [-0.05, 0) is 12.2 Å². The minimum absolute atomic E-state index is 0.566. The highest BCUT2D eigenvalue weighted by Gasteiger charge is 2.14. The number of hydrogen-bond donors (Lipinski definition) is 2. The molecular weight excluding hydrogens is 216 g/mol. The van der Waals surface area contributed by atoms with Gasteiger partial charge in [-0.3, -0.25) is 0 Å². The van der Waals surface area contributed by atoms with Gasteiger partial charge in [-0.2, -0.15) is 11.8 Å². The molecule has 1 atom stereocenters. The molecule has 1 aliphatic heterocycles. The summed E-state index contributed by atoms with van der Waals surface area (Å²) in [6.07, 6.45) is 2.24. The Morgan fingerprint density at radius 1 is 1.50 bits per heavy atom. The molecule has 0 spiro atoms. The number of rotatable bonds is 4. The molecule has 2 rings (SSSR count). The summed E-state index contributed by atoms with van der Waals surface area (Å²) in [5.74, 6) is 2.54. The molecule has 0 saturated carbocycles. The first kappa shape index (κ1) is 10.2. The molecule has 3 N–H and O–H groups in total. The van der Waals surface area contributed by atoms with Crippen molar-refractivity contribution < 1.29 is 0 Å². The van der Waals surface area contributed by atoms with E-state index in [1.165, 1.54) is 29.3 Å². The van der Waals surface area contributed by atoms with Crippen LogP contribution in [0.2, 0.25) is 0 Å². The Hall–Kier alpha value is -0.330. The highest BCUT2D eigenvalue weighted by atomic mass is 32.2. The fourth-order valence-corrected chi connectivity index (χ4v) is 3.24. The maximum Gasteiger partial charge on any atom is 0.203 e. The molecule has 1 aromatic rings. The lowest BCUT2D eigenvalue weighted by Gasteiger charge is -2.09. The third-order valence-corrected chi connectivity index (χ3v) is 4.16. The van der Waals surface area contributed by atoms with E-state index in [-0.39, 0.29) is 0 Å². The summed E-state index contributed by atoms with van der Waals surface area (Å²) < 4.78 is 0. The first-order valence-electron chi connectivity index (χ1n) is 4.73. The van der Waals surface area contributed by atoms with Crippen molar-refractivity contribution in [3.63, 3.8) is 0 Å². The van der Waals surface area contributed by atoms with E-state index < -0.39 is 0 Å². The maximum atomic E-state index is 5.49. The Balaban J connectivity index is 1.67. The van der Waals surface area contributed by atoms with Crippen LogP contribution in [0.4, 0.5) is 5.13 Å². The molecule has 78 valence electrons. The first-order valence-corrected chi connectivity index (χ1v) is 6.70. The zero-order valence-electron chi connectivity index (χ0n) is 7.90. The molecule has 0 aromatic carbocycles. The van der Waals surface area contributed by atoms with Crippen molar-refractivity contribution in [3.05, 3.63) is 5.01 Å². The van der Waals surface area contributed by atoms with Crippen LogP contribution in [-0.2, 0) is 6.42 Å². The summed E-state index contributed by atoms with van der Waals surface area (Å²) in [5.41, 5.74) is 5.49. The van der Waals surface area contributed by atoms with E-state index in [1.54, 1.807) is 0 Å². The number of thioether (sulfide) groups is 1. The van der Waals surface area contributed by atoms with Gasteiger partial charge in [0.25, 0.3) is 0 Å². The fraction of sp³-hybridized carbons (Fsp3) is 0.750. The smallest absolute Gasteiger partial charge is 0.203 e. The van der Waals surface area contributed by atoms with E-state index in [0.29, 0.717) is 11.2 Å². The van der Waals surface area contributed by atoms with E-state index in [4.69, 9.17) is 5.73 Å². The number of hydrogen-bond acceptors (Lipinski definition) is 6. The van der Waals surface area contributed by atoms with E-state index >= 15 is 0 Å². The molecule has 4 nitrogen and oxygen atoms in total. The zero-order valence-corrected chi connectivity index (χ0v) is 9.53. The van der Waals surface area contributed by atoms with Gasteiger partial charge in [0.2, 0.25) is 5.13 Å². The number of anilines is 1. The lowest BCUT2D eigenvalue weighted by Crippen LogP contribution is -2.30. The number of nitrogens with two attached hydrogens (primary N) is 1. The highest BCUT2D eigenvalue weighted by Crippen LogP contribution is 2.17. The molecule has 1 aliphatic rings. The Morgan fingerprint density at radius 2 is 2.43 bits per heavy atom. The van der Waals surface area contributed by atoms with Gasteiger partial charge in [0, 0.05) is 24.8 Å². The van der Waals surface area contributed by atoms with Crippen molar-refractivity contribution in [3.8, 4) is 0 Å². The molecule has 1 fully saturated rings. The molecule has 14 heavy (non-hydrogen) atoms. The molecule has 6 heteroatoms. The van der Waals surface area contributed by atoms with Crippen molar-refractivity contribution in [2.24, 2.45) is 0 Å². The average Bonchev–Trinajstić information content (AvgIpc) is 2.77. The topological polar surface area (TPSA) is 63.8 Å². The predicted octanol–water partition coefficient (Wildman–Crippen LogP) is 0.758. The van der Waals surface area contributed by atoms with Crippen LogP contribution in [-0.4, -0.2) is 34.3 Å². The van der Waals surface area contributed by atoms with Gasteiger partial charge >= 0.3 is 0 Å². The standard InChI is InChI=1S/C8H14N4S2/c9-8-12-11-7(14-8)1-3-10-6-2-4-13-5-6/h6,10H,1-5H2,(H2,9,12)/t6-/m0/s1. The van der Waals surface area contributed by atoms with Gasteiger partial charge in [0.15, 0.2) is 0 Å². The Morgan fingerprint density at radius 3 is 3.07 bits per heavy atom. The van der Waals surface area contributed by atoms with Gasteiger partial charge in [-0.1, -0.05) is 11.3 Å². The van der Waals surface area contributed by atoms with Crippen molar-refractivity contribution in [2.45, 2.75) is 18.9 Å². The number of nitrogen functional groups attached to an aromatic ring is 1. The van der Waals surface area contributed by atoms with Crippen molar-refractivity contribution in [1.82, 2.24) is 15.5 Å². The van der Waals surface area contributed by atoms with Crippen LogP contribution in [0, 0.1) is 0 Å². The lowest BCUT2D eigenvalue weighted by atomic mass is 10.2. The zero-order chi connectivity index (χ0) is 9.80. The number of aromatic nitrogens is 2. The van der Waals surface area contributed by atoms with E-state index in [2.05, 4.69) is 15.5 Å². The van der Waals surface area contributed by atoms with Crippen LogP contribution < -0.4 is 11.1 Å². The molecule has 0 unspecified atom stereocenters. The van der Waals surface area contributed by atoms with E-state index in [1.807, 2.05) is 11.8 Å². The summed E-state index contributed by atoms with van der Waals surface area (Å²) in [7, 11) is 0. The minimum atomic E-state index is 0.566. The van der Waals surface area contributed by atoms with Crippen molar-refractivity contribution >= 4 is 28.2 Å². The summed E-state index contributed by atoms with van der Waals surface area (Å²) >= 11 is 3.51. The third kappa shape index (κ3) is 2.83. The number of nitrogens with zero attached hydrogens (tertiary/aromatic N) is 2. The molecule has 0 aliphatic carbocycles. The highest BCUT2D eigenvalue weighted by molar-refractivity contribution is 7.99. The molecule has 0 radical (unpaired) electrons. The van der Waals surface area contributed by atoms with Crippen LogP contribution in [0.5, 0.6) is 0 Å². The second kappa shape index (κ2) is 4.95. The fourth-order valence-electron chi connectivity index (χ4n) is 1.45. The van der Waals surface area contributed by atoms with Gasteiger partial charge < -0.3 is 11.1 Å². The predicted molar refractivity (Wildman–Crippen MR) is 61.8 cm³/mol. The van der Waals surface area contributed by atoms with Crippen molar-refractivity contribution in [2.75, 3.05) is 23.8 Å². The lowest BCUT2D eigenvalue weighted by molar-refractivity contribution is 0.559. The van der Waals surface area contributed by atoms with Crippen LogP contribution in [0.15, 0.2) is 0 Å². The number of nitrogens with one attached hydrogen (secondary N) is 1. The average molecular weight is 230 g/mol. The third-order valence-electron chi connectivity index (χ3n) is 2.18. The van der Waals surface area contributed by atoms with Gasteiger partial charge in [0.05, 0.1) is 0 Å². The van der Waals surface area contributed by atoms with Crippen LogP contribution in [0.1, 0.15) is 11.4 Å². The largest absolute Gasteiger partial charge is 0.374 e. The molecule has 1 saturated heterocycles. The molecule has 0 bridgehead atoms. The second-order valence-electron chi connectivity index (χ2n) is 3.30. The first-order chi connectivity index (χ1) is 6.84. The maximum absolute atomic E-state index is 5.49. The quantitative estimate of drug-likeness (QED) is 0.799. The molecule has 2 heterocycles. The van der Waals surface area contributed by atoms with Crippen LogP contribution in [0.3, 0.4) is 0 Å². The monoisotopic (exact) mass is 230 g/mol. The summed E-state index contributed by atoms with van der Waals surface area (Å²) in [6, 6.07) is 0.699. The Bertz CT molecular complexity index is 283. The van der Waals surface area contributed by atoms with Crippen molar-refractivity contribution in [1.29, 1.82) is 0 Å². The minimum Gasteiger partial charge on any atom is -0.374 e. The SMILES string of the molecule is Nc1nnc(CCN[C@H]2CCSC2)s1. The summed E-state index contributed by atoms with van der Waals surface area (Å²) in [4.78, 5) is 0. The normalized spacial score (nSPS) is 21.6. The molecule has 1 aromatic heterocycles. The van der Waals surface area contributed by atoms with Gasteiger partial charge in [0.1, 0.15) is 5.01 Å². The van der Waals surface area contributed by atoms with Crippen LogP contribution >= 0.6 is 23.1 Å². The Kier molecular flexibility index (Phi) is 3.61. The van der Waals surface area contributed by atoms with Gasteiger partial charge in [-0.25, -0.2) is 0 Å². The molecule has 0 amide bonds. The summed E-state index contributed by atoms with van der Waals surface area (Å²) in [5, 5.41) is 12.9. The second-order valence-corrected chi connectivity index (χ2v) is 5.54. The van der Waals surface area contributed by atoms with Crippen LogP contribution in [0.25, 0.3) is 0 Å². The Labute approximate surface area is 91.7 Å². The van der Waals surface area contributed by atoms with E-state index in [0.717, 1.165) is 18.0 Å². The van der Waals surface area contributed by atoms with Gasteiger partial charge in [-0.15, -0.1) is 10.2 Å². The van der Waals surface area contributed by atoms with E-state index in [9.17, 15) is 0 Å². The molecular formula is C8H14N4S2.